The number of hydrogen-bond donors (Lipinski definition) is 3. The molecular weight excluding hydrogens is 248 g/mol. The second-order valence-electron chi connectivity index (χ2n) is 5.14. The third kappa shape index (κ3) is 3.54. The van der Waals surface area contributed by atoms with Gasteiger partial charge in [0.1, 0.15) is 6.04 Å². The number of aromatic amines is 1. The molecule has 1 aromatic rings. The molecule has 106 valence electrons. The van der Waals surface area contributed by atoms with Gasteiger partial charge >= 0.3 is 5.97 Å². The number of aromatic nitrogens is 2. The van der Waals surface area contributed by atoms with E-state index in [0.29, 0.717) is 5.69 Å². The van der Waals surface area contributed by atoms with Crippen LogP contribution in [0.5, 0.6) is 0 Å². The van der Waals surface area contributed by atoms with Gasteiger partial charge in [0.25, 0.3) is 0 Å². The number of aliphatic carboxylic acids is 1. The Morgan fingerprint density at radius 1 is 1.58 bits per heavy atom. The van der Waals surface area contributed by atoms with Crippen molar-refractivity contribution in [3.8, 4) is 0 Å². The first-order valence-electron chi connectivity index (χ1n) is 5.97. The predicted molar refractivity (Wildman–Crippen MR) is 69.3 cm³/mol. The number of nitrogens with one attached hydrogen (secondary N) is 1. The van der Waals surface area contributed by atoms with Crippen molar-refractivity contribution in [3.63, 3.8) is 0 Å². The molecule has 7 heteroatoms. The number of carboxylic acids is 1. The van der Waals surface area contributed by atoms with E-state index < -0.39 is 17.4 Å². The molecule has 0 fully saturated rings. The fourth-order valence-corrected chi connectivity index (χ4v) is 1.70. The number of carboxylic acid groups (broad SMARTS) is 1. The van der Waals surface area contributed by atoms with Gasteiger partial charge in [0.15, 0.2) is 0 Å². The van der Waals surface area contributed by atoms with Gasteiger partial charge in [-0.05, 0) is 13.8 Å². The van der Waals surface area contributed by atoms with Gasteiger partial charge in [0, 0.05) is 31.9 Å². The number of imidazole rings is 1. The SMILES string of the molecule is CN(C(=O)C(C)(C)CN)[C@@H](Cc1cnc[nH]1)C(=O)O. The molecule has 0 bridgehead atoms. The number of carbonyl (C=O) groups excluding carboxylic acids is 1. The molecule has 0 unspecified atom stereocenters. The van der Waals surface area contributed by atoms with E-state index >= 15 is 0 Å². The number of likely N-dealkylation sites (N-methyl/N-ethyl adjacent to an activating group) is 1. The third-order valence-corrected chi connectivity index (χ3v) is 3.13. The van der Waals surface area contributed by atoms with Crippen molar-refractivity contribution in [3.05, 3.63) is 18.2 Å². The second-order valence-corrected chi connectivity index (χ2v) is 5.14. The molecule has 1 amide bonds. The van der Waals surface area contributed by atoms with E-state index in [9.17, 15) is 14.7 Å². The molecule has 0 saturated carbocycles. The molecule has 19 heavy (non-hydrogen) atoms. The lowest BCUT2D eigenvalue weighted by Crippen LogP contribution is -2.50. The zero-order chi connectivity index (χ0) is 14.6. The van der Waals surface area contributed by atoms with E-state index in [1.807, 2.05) is 0 Å². The predicted octanol–water partition coefficient (Wildman–Crippen LogP) is -0.151. The minimum absolute atomic E-state index is 0.159. The normalized spacial score (nSPS) is 13.1. The Morgan fingerprint density at radius 2 is 2.21 bits per heavy atom. The number of rotatable bonds is 6. The monoisotopic (exact) mass is 268 g/mol. The first-order chi connectivity index (χ1) is 8.79. The number of H-pyrrole nitrogens is 1. The van der Waals surface area contributed by atoms with Crippen LogP contribution in [0.15, 0.2) is 12.5 Å². The molecule has 1 rings (SSSR count). The number of hydrogen-bond acceptors (Lipinski definition) is 4. The van der Waals surface area contributed by atoms with E-state index in [1.165, 1.54) is 18.3 Å². The van der Waals surface area contributed by atoms with Crippen LogP contribution in [0.3, 0.4) is 0 Å². The summed E-state index contributed by atoms with van der Waals surface area (Å²) in [6, 6.07) is -0.946. The Kier molecular flexibility index (Phi) is 4.66. The fraction of sp³-hybridized carbons (Fsp3) is 0.583. The summed E-state index contributed by atoms with van der Waals surface area (Å²) in [7, 11) is 1.48. The molecule has 1 atom stereocenters. The molecule has 0 radical (unpaired) electrons. The molecule has 0 spiro atoms. The van der Waals surface area contributed by atoms with Crippen molar-refractivity contribution < 1.29 is 14.7 Å². The molecule has 0 aliphatic heterocycles. The highest BCUT2D eigenvalue weighted by atomic mass is 16.4. The molecule has 0 aromatic carbocycles. The van der Waals surface area contributed by atoms with Crippen LogP contribution in [0.25, 0.3) is 0 Å². The Hall–Kier alpha value is -1.89. The number of carbonyl (C=O) groups is 2. The smallest absolute Gasteiger partial charge is 0.326 e. The lowest BCUT2D eigenvalue weighted by Gasteiger charge is -2.32. The lowest BCUT2D eigenvalue weighted by molar-refractivity contribution is -0.152. The van der Waals surface area contributed by atoms with Gasteiger partial charge in [-0.1, -0.05) is 0 Å². The maximum Gasteiger partial charge on any atom is 0.326 e. The topological polar surface area (TPSA) is 112 Å². The quantitative estimate of drug-likeness (QED) is 0.664. The molecule has 4 N–H and O–H groups in total. The highest BCUT2D eigenvalue weighted by molar-refractivity contribution is 5.87. The summed E-state index contributed by atoms with van der Waals surface area (Å²) in [4.78, 5) is 31.5. The largest absolute Gasteiger partial charge is 0.480 e. The minimum Gasteiger partial charge on any atom is -0.480 e. The van der Waals surface area contributed by atoms with E-state index in [2.05, 4.69) is 9.97 Å². The molecule has 0 aliphatic rings. The van der Waals surface area contributed by atoms with Crippen LogP contribution in [-0.4, -0.2) is 51.5 Å². The summed E-state index contributed by atoms with van der Waals surface area (Å²) in [6.07, 6.45) is 3.19. The fourth-order valence-electron chi connectivity index (χ4n) is 1.70. The van der Waals surface area contributed by atoms with Crippen LogP contribution in [0, 0.1) is 5.41 Å². The highest BCUT2D eigenvalue weighted by Crippen LogP contribution is 2.19. The summed E-state index contributed by atoms with van der Waals surface area (Å²) >= 11 is 0. The Balaban J connectivity index is 2.87. The standard InChI is InChI=1S/C12H20N4O3/c1-12(2,6-13)11(19)16(3)9(10(17)18)4-8-5-14-7-15-8/h5,7,9H,4,6,13H2,1-3H3,(H,14,15)(H,17,18)/t9-/m0/s1. The van der Waals surface area contributed by atoms with Crippen LogP contribution in [0.1, 0.15) is 19.5 Å². The zero-order valence-electron chi connectivity index (χ0n) is 11.4. The average molecular weight is 268 g/mol. The number of amides is 1. The van der Waals surface area contributed by atoms with Crippen molar-refractivity contribution >= 4 is 11.9 Å². The van der Waals surface area contributed by atoms with Crippen LogP contribution in [0.4, 0.5) is 0 Å². The lowest BCUT2D eigenvalue weighted by atomic mass is 9.91. The Bertz CT molecular complexity index is 442. The Labute approximate surface area is 111 Å². The van der Waals surface area contributed by atoms with Gasteiger partial charge in [0.2, 0.25) is 5.91 Å². The molecule has 0 saturated heterocycles. The van der Waals surface area contributed by atoms with Gasteiger partial charge in [-0.3, -0.25) is 4.79 Å². The molecule has 0 aliphatic carbocycles. The highest BCUT2D eigenvalue weighted by Gasteiger charge is 2.35. The number of nitrogens with zero attached hydrogens (tertiary/aromatic N) is 2. The Morgan fingerprint density at radius 3 is 2.63 bits per heavy atom. The average Bonchev–Trinajstić information content (AvgIpc) is 2.86. The number of nitrogens with two attached hydrogens (primary N) is 1. The second kappa shape index (κ2) is 5.83. The van der Waals surface area contributed by atoms with Crippen molar-refractivity contribution in [2.24, 2.45) is 11.1 Å². The van der Waals surface area contributed by atoms with Gasteiger partial charge in [-0.2, -0.15) is 0 Å². The van der Waals surface area contributed by atoms with Gasteiger partial charge in [-0.25, -0.2) is 9.78 Å². The van der Waals surface area contributed by atoms with Crippen molar-refractivity contribution in [1.29, 1.82) is 0 Å². The van der Waals surface area contributed by atoms with Crippen molar-refractivity contribution in [2.75, 3.05) is 13.6 Å². The molecular formula is C12H20N4O3. The summed E-state index contributed by atoms with van der Waals surface area (Å²) in [5, 5.41) is 9.27. The first-order valence-corrected chi connectivity index (χ1v) is 5.97. The van der Waals surface area contributed by atoms with Gasteiger partial charge < -0.3 is 20.7 Å². The van der Waals surface area contributed by atoms with E-state index in [-0.39, 0.29) is 18.9 Å². The van der Waals surface area contributed by atoms with Crippen molar-refractivity contribution in [2.45, 2.75) is 26.3 Å². The molecule has 1 heterocycles. The summed E-state index contributed by atoms with van der Waals surface area (Å²) in [5.41, 5.74) is 5.43. The van der Waals surface area contributed by atoms with Gasteiger partial charge in [0.05, 0.1) is 11.7 Å². The van der Waals surface area contributed by atoms with Gasteiger partial charge in [-0.15, -0.1) is 0 Å². The van der Waals surface area contributed by atoms with Crippen LogP contribution in [-0.2, 0) is 16.0 Å². The summed E-state index contributed by atoms with van der Waals surface area (Å²) < 4.78 is 0. The van der Waals surface area contributed by atoms with Crippen LogP contribution < -0.4 is 5.73 Å². The van der Waals surface area contributed by atoms with E-state index in [1.54, 1.807) is 20.0 Å². The third-order valence-electron chi connectivity index (χ3n) is 3.13. The van der Waals surface area contributed by atoms with Crippen molar-refractivity contribution in [1.82, 2.24) is 14.9 Å². The van der Waals surface area contributed by atoms with Crippen LogP contribution in [0.2, 0.25) is 0 Å². The molecule has 7 nitrogen and oxygen atoms in total. The maximum absolute atomic E-state index is 12.2. The summed E-state index contributed by atoms with van der Waals surface area (Å²) in [5.74, 6) is -1.35. The first kappa shape index (κ1) is 15.2. The minimum atomic E-state index is -1.06. The zero-order valence-corrected chi connectivity index (χ0v) is 11.4. The van der Waals surface area contributed by atoms with E-state index in [4.69, 9.17) is 5.73 Å². The summed E-state index contributed by atoms with van der Waals surface area (Å²) in [6.45, 7) is 3.55. The van der Waals surface area contributed by atoms with E-state index in [0.717, 1.165) is 0 Å². The van der Waals surface area contributed by atoms with Crippen LogP contribution >= 0.6 is 0 Å². The maximum atomic E-state index is 12.2. The molecule has 1 aromatic heterocycles.